The third kappa shape index (κ3) is 5.56. The van der Waals surface area contributed by atoms with Gasteiger partial charge in [-0.1, -0.05) is 34.8 Å². The maximum Gasteiger partial charge on any atom is 0.322 e. The zero-order valence-corrected chi connectivity index (χ0v) is 20.2. The van der Waals surface area contributed by atoms with Crippen LogP contribution >= 0.6 is 11.5 Å². The van der Waals surface area contributed by atoms with Crippen molar-refractivity contribution in [1.29, 1.82) is 0 Å². The molecule has 0 unspecified atom stereocenters. The highest BCUT2D eigenvalue weighted by molar-refractivity contribution is 7.10. The summed E-state index contributed by atoms with van der Waals surface area (Å²) in [6, 6.07) is 12.0. The highest BCUT2D eigenvalue weighted by Crippen LogP contribution is 2.26. The minimum absolute atomic E-state index is 0.168. The van der Waals surface area contributed by atoms with Crippen molar-refractivity contribution in [2.45, 2.75) is 19.3 Å². The number of piperazine rings is 1. The molecule has 0 saturated carbocycles. The first-order chi connectivity index (χ1) is 17.2. The molecule has 2 aromatic heterocycles. The second kappa shape index (κ2) is 10.8. The van der Waals surface area contributed by atoms with Gasteiger partial charge in [0.05, 0.1) is 0 Å². The Labute approximate surface area is 208 Å². The van der Waals surface area contributed by atoms with Gasteiger partial charge in [-0.15, -0.1) is 5.10 Å². The van der Waals surface area contributed by atoms with E-state index in [0.717, 1.165) is 30.8 Å². The number of hydrogen-bond donors (Lipinski definition) is 1. The molecule has 1 aromatic carbocycles. The Balaban J connectivity index is 1.13. The first kappa shape index (κ1) is 23.2. The van der Waals surface area contributed by atoms with Crippen LogP contribution in [0.1, 0.15) is 28.9 Å². The molecule has 2 aliphatic rings. The number of carbonyl (C=O) groups excluding carboxylic acids is 2. The fraction of sp³-hybridized carbons (Fsp3) is 0.417. The largest absolute Gasteiger partial charge is 0.337 e. The molecule has 4 heterocycles. The van der Waals surface area contributed by atoms with Gasteiger partial charge in [0.1, 0.15) is 0 Å². The van der Waals surface area contributed by atoms with Crippen LogP contribution in [0.15, 0.2) is 48.8 Å². The van der Waals surface area contributed by atoms with Crippen molar-refractivity contribution in [2.24, 2.45) is 5.92 Å². The number of rotatable bonds is 5. The number of anilines is 2. The number of amides is 3. The van der Waals surface area contributed by atoms with Crippen molar-refractivity contribution in [1.82, 2.24) is 29.4 Å². The molecule has 0 bridgehead atoms. The quantitative estimate of drug-likeness (QED) is 0.584. The number of benzene rings is 1. The summed E-state index contributed by atoms with van der Waals surface area (Å²) in [4.78, 5) is 40.2. The molecule has 2 aliphatic heterocycles. The molecule has 0 spiro atoms. The highest BCUT2D eigenvalue weighted by atomic mass is 32.1. The van der Waals surface area contributed by atoms with Gasteiger partial charge >= 0.3 is 6.03 Å². The summed E-state index contributed by atoms with van der Waals surface area (Å²) in [7, 11) is 0. The summed E-state index contributed by atoms with van der Waals surface area (Å²) in [6.07, 6.45) is 6.36. The lowest BCUT2D eigenvalue weighted by molar-refractivity contribution is 0.0685. The predicted molar refractivity (Wildman–Crippen MR) is 134 cm³/mol. The van der Waals surface area contributed by atoms with E-state index in [-0.39, 0.29) is 17.6 Å². The average molecular weight is 493 g/mol. The SMILES string of the molecule is O=C(Nc1snnc1C(=O)N1CCC(Cc2ccccc2)CC1)N1CCN(c2ncccn2)CC1. The summed E-state index contributed by atoms with van der Waals surface area (Å²) < 4.78 is 3.94. The number of carbonyl (C=O) groups is 2. The number of hydrogen-bond acceptors (Lipinski definition) is 8. The van der Waals surface area contributed by atoms with Crippen LogP contribution < -0.4 is 10.2 Å². The minimum atomic E-state index is -0.250. The van der Waals surface area contributed by atoms with Gasteiger partial charge in [-0.25, -0.2) is 14.8 Å². The summed E-state index contributed by atoms with van der Waals surface area (Å²) in [5.41, 5.74) is 1.56. The van der Waals surface area contributed by atoms with Gasteiger partial charge in [0.15, 0.2) is 10.7 Å². The van der Waals surface area contributed by atoms with Crippen LogP contribution in [0, 0.1) is 5.92 Å². The normalized spacial score (nSPS) is 16.9. The van der Waals surface area contributed by atoms with E-state index in [2.05, 4.69) is 54.0 Å². The first-order valence-corrected chi connectivity index (χ1v) is 12.7. The van der Waals surface area contributed by atoms with Crippen LogP contribution in [0.5, 0.6) is 0 Å². The van der Waals surface area contributed by atoms with E-state index in [1.165, 1.54) is 5.56 Å². The Kier molecular flexibility index (Phi) is 7.12. The second-order valence-corrected chi connectivity index (χ2v) is 9.58. The van der Waals surface area contributed by atoms with Crippen molar-refractivity contribution < 1.29 is 9.59 Å². The van der Waals surface area contributed by atoms with Gasteiger partial charge in [-0.3, -0.25) is 10.1 Å². The molecule has 3 amide bonds. The van der Waals surface area contributed by atoms with E-state index < -0.39 is 0 Å². The van der Waals surface area contributed by atoms with Gasteiger partial charge in [0, 0.05) is 63.2 Å². The van der Waals surface area contributed by atoms with Crippen LogP contribution in [0.3, 0.4) is 0 Å². The molecule has 3 aromatic rings. The van der Waals surface area contributed by atoms with Crippen molar-refractivity contribution in [2.75, 3.05) is 49.5 Å². The molecular formula is C24H28N8O2S. The smallest absolute Gasteiger partial charge is 0.322 e. The zero-order chi connectivity index (χ0) is 24.0. The maximum absolute atomic E-state index is 13.1. The minimum Gasteiger partial charge on any atom is -0.337 e. The molecule has 1 N–H and O–H groups in total. The molecule has 182 valence electrons. The van der Waals surface area contributed by atoms with E-state index in [0.29, 0.717) is 56.1 Å². The Bertz CT molecular complexity index is 1130. The second-order valence-electron chi connectivity index (χ2n) is 8.83. The van der Waals surface area contributed by atoms with Crippen molar-refractivity contribution >= 4 is 34.4 Å². The van der Waals surface area contributed by atoms with E-state index in [1.54, 1.807) is 23.4 Å². The lowest BCUT2D eigenvalue weighted by atomic mass is 9.90. The van der Waals surface area contributed by atoms with Gasteiger partial charge in [0.25, 0.3) is 5.91 Å². The van der Waals surface area contributed by atoms with Gasteiger partial charge < -0.3 is 14.7 Å². The van der Waals surface area contributed by atoms with Crippen LogP contribution in [0.25, 0.3) is 0 Å². The van der Waals surface area contributed by atoms with Gasteiger partial charge in [0.2, 0.25) is 5.95 Å². The van der Waals surface area contributed by atoms with Crippen molar-refractivity contribution in [3.05, 3.63) is 60.0 Å². The molecule has 35 heavy (non-hydrogen) atoms. The van der Waals surface area contributed by atoms with Crippen LogP contribution in [0.4, 0.5) is 15.7 Å². The Morgan fingerprint density at radius 2 is 1.63 bits per heavy atom. The number of nitrogens with zero attached hydrogens (tertiary/aromatic N) is 7. The molecule has 11 heteroatoms. The molecular weight excluding hydrogens is 464 g/mol. The highest BCUT2D eigenvalue weighted by Gasteiger charge is 2.29. The Morgan fingerprint density at radius 1 is 0.914 bits per heavy atom. The number of nitrogens with one attached hydrogen (secondary N) is 1. The van der Waals surface area contributed by atoms with Crippen LogP contribution in [0.2, 0.25) is 0 Å². The molecule has 2 saturated heterocycles. The number of piperidine rings is 1. The van der Waals surface area contributed by atoms with E-state index in [9.17, 15) is 9.59 Å². The summed E-state index contributed by atoms with van der Waals surface area (Å²) >= 11 is 1.04. The molecule has 10 nitrogen and oxygen atoms in total. The topological polar surface area (TPSA) is 107 Å². The van der Waals surface area contributed by atoms with Crippen molar-refractivity contribution in [3.63, 3.8) is 0 Å². The fourth-order valence-electron chi connectivity index (χ4n) is 4.59. The summed E-state index contributed by atoms with van der Waals surface area (Å²) in [6.45, 7) is 3.72. The van der Waals surface area contributed by atoms with Crippen molar-refractivity contribution in [3.8, 4) is 0 Å². The third-order valence-electron chi connectivity index (χ3n) is 6.58. The standard InChI is InChI=1S/C24H28N8O2S/c33-22(30-11-7-19(8-12-30)17-18-5-2-1-3-6-18)20-21(35-29-28-20)27-24(34)32-15-13-31(14-16-32)23-25-9-4-10-26-23/h1-6,9-10,19H,7-8,11-17H2,(H,27,34). The van der Waals surface area contributed by atoms with E-state index >= 15 is 0 Å². The molecule has 0 atom stereocenters. The molecule has 0 radical (unpaired) electrons. The monoisotopic (exact) mass is 492 g/mol. The van der Waals surface area contributed by atoms with Crippen LogP contribution in [-0.4, -0.2) is 80.6 Å². The molecule has 5 rings (SSSR count). The van der Waals surface area contributed by atoms with E-state index in [1.807, 2.05) is 11.0 Å². The lowest BCUT2D eigenvalue weighted by Gasteiger charge is -2.34. The summed E-state index contributed by atoms with van der Waals surface area (Å²) in [5.74, 6) is 1.06. The lowest BCUT2D eigenvalue weighted by Crippen LogP contribution is -2.50. The first-order valence-electron chi connectivity index (χ1n) is 11.9. The van der Waals surface area contributed by atoms with Gasteiger partial charge in [-0.05, 0) is 36.8 Å². The van der Waals surface area contributed by atoms with E-state index in [4.69, 9.17) is 0 Å². The average Bonchev–Trinajstić information content (AvgIpc) is 3.38. The van der Waals surface area contributed by atoms with Gasteiger partial charge in [-0.2, -0.15) is 0 Å². The molecule has 2 fully saturated rings. The zero-order valence-electron chi connectivity index (χ0n) is 19.4. The number of likely N-dealkylation sites (tertiary alicyclic amines) is 1. The Morgan fingerprint density at radius 3 is 2.34 bits per heavy atom. The number of aromatic nitrogens is 4. The summed E-state index contributed by atoms with van der Waals surface area (Å²) in [5, 5.41) is 7.31. The Hall–Kier alpha value is -3.60. The molecule has 0 aliphatic carbocycles. The maximum atomic E-state index is 13.1. The fourth-order valence-corrected chi connectivity index (χ4v) is 5.14. The van der Waals surface area contributed by atoms with Crippen LogP contribution in [-0.2, 0) is 6.42 Å². The number of urea groups is 1. The predicted octanol–water partition coefficient (Wildman–Crippen LogP) is 2.78. The third-order valence-corrected chi connectivity index (χ3v) is 7.22.